The zero-order chi connectivity index (χ0) is 20.7. The van der Waals surface area contributed by atoms with Gasteiger partial charge in [0.15, 0.2) is 0 Å². The molecule has 6 nitrogen and oxygen atoms in total. The zero-order valence-electron chi connectivity index (χ0n) is 16.6. The fraction of sp³-hybridized carbons (Fsp3) is 0.522. The SMILES string of the molecule is C#CC1CCC(C#N)N1C(=O)CNC1(COc2cccc(C#N)c2)CCCCC1. The first kappa shape index (κ1) is 20.7. The van der Waals surface area contributed by atoms with Gasteiger partial charge >= 0.3 is 0 Å². The number of hydrogen-bond acceptors (Lipinski definition) is 5. The van der Waals surface area contributed by atoms with Gasteiger partial charge in [-0.25, -0.2) is 0 Å². The van der Waals surface area contributed by atoms with Gasteiger partial charge in [0.05, 0.1) is 35.8 Å². The van der Waals surface area contributed by atoms with E-state index in [0.717, 1.165) is 25.7 Å². The van der Waals surface area contributed by atoms with E-state index in [1.807, 2.05) is 6.07 Å². The van der Waals surface area contributed by atoms with E-state index in [-0.39, 0.29) is 24.0 Å². The van der Waals surface area contributed by atoms with Crippen LogP contribution in [0.25, 0.3) is 0 Å². The van der Waals surface area contributed by atoms with Crippen LogP contribution in [-0.2, 0) is 4.79 Å². The summed E-state index contributed by atoms with van der Waals surface area (Å²) in [5.74, 6) is 3.16. The summed E-state index contributed by atoms with van der Waals surface area (Å²) in [6, 6.07) is 10.7. The summed E-state index contributed by atoms with van der Waals surface area (Å²) in [5.41, 5.74) is 0.254. The van der Waals surface area contributed by atoms with Crippen LogP contribution in [0.15, 0.2) is 24.3 Å². The smallest absolute Gasteiger partial charge is 0.238 e. The highest BCUT2D eigenvalue weighted by Gasteiger charge is 2.38. The van der Waals surface area contributed by atoms with E-state index in [9.17, 15) is 10.1 Å². The number of nitriles is 2. The van der Waals surface area contributed by atoms with Crippen molar-refractivity contribution in [3.05, 3.63) is 29.8 Å². The highest BCUT2D eigenvalue weighted by molar-refractivity contribution is 5.80. The maximum Gasteiger partial charge on any atom is 0.238 e. The highest BCUT2D eigenvalue weighted by atomic mass is 16.5. The molecular formula is C23H26N4O2. The molecule has 0 bridgehead atoms. The molecule has 0 aromatic heterocycles. The normalized spacial score (nSPS) is 22.9. The molecule has 1 heterocycles. The number of ether oxygens (including phenoxy) is 1. The van der Waals surface area contributed by atoms with E-state index < -0.39 is 6.04 Å². The maximum atomic E-state index is 12.9. The van der Waals surface area contributed by atoms with Crippen molar-refractivity contribution in [3.8, 4) is 30.2 Å². The van der Waals surface area contributed by atoms with Crippen LogP contribution < -0.4 is 10.1 Å². The first-order chi connectivity index (χ1) is 14.1. The number of terminal acetylenes is 1. The number of likely N-dealkylation sites (tertiary alicyclic amines) is 1. The molecule has 1 aliphatic carbocycles. The van der Waals surface area contributed by atoms with E-state index in [0.29, 0.717) is 30.8 Å². The van der Waals surface area contributed by atoms with Crippen molar-refractivity contribution in [1.29, 1.82) is 10.5 Å². The average Bonchev–Trinajstić information content (AvgIpc) is 3.20. The molecule has 2 fully saturated rings. The molecule has 0 radical (unpaired) electrons. The Morgan fingerprint density at radius 3 is 2.69 bits per heavy atom. The lowest BCUT2D eigenvalue weighted by molar-refractivity contribution is -0.131. The van der Waals surface area contributed by atoms with E-state index in [1.165, 1.54) is 6.42 Å². The van der Waals surface area contributed by atoms with Crippen molar-refractivity contribution in [1.82, 2.24) is 10.2 Å². The summed E-state index contributed by atoms with van der Waals surface area (Å²) in [5, 5.41) is 21.8. The Hall–Kier alpha value is -3.01. The highest BCUT2D eigenvalue weighted by Crippen LogP contribution is 2.30. The zero-order valence-corrected chi connectivity index (χ0v) is 16.6. The molecular weight excluding hydrogens is 364 g/mol. The van der Waals surface area contributed by atoms with Crippen LogP contribution in [-0.4, -0.2) is 41.6 Å². The molecule has 0 spiro atoms. The molecule has 1 aliphatic heterocycles. The molecule has 6 heteroatoms. The Bertz CT molecular complexity index is 833. The Kier molecular flexibility index (Phi) is 6.76. The molecule has 1 aromatic rings. The van der Waals surface area contributed by atoms with E-state index in [1.54, 1.807) is 23.1 Å². The van der Waals surface area contributed by atoms with Gasteiger partial charge in [-0.05, 0) is 43.9 Å². The van der Waals surface area contributed by atoms with Gasteiger partial charge in [-0.3, -0.25) is 10.1 Å². The van der Waals surface area contributed by atoms with Gasteiger partial charge < -0.3 is 9.64 Å². The van der Waals surface area contributed by atoms with Gasteiger partial charge in [-0.1, -0.05) is 31.2 Å². The van der Waals surface area contributed by atoms with Crippen molar-refractivity contribution in [2.24, 2.45) is 0 Å². The first-order valence-electron chi connectivity index (χ1n) is 10.2. The molecule has 1 saturated carbocycles. The molecule has 1 saturated heterocycles. The van der Waals surface area contributed by atoms with Gasteiger partial charge in [0.25, 0.3) is 0 Å². The maximum absolute atomic E-state index is 12.9. The van der Waals surface area contributed by atoms with Gasteiger partial charge in [0.1, 0.15) is 18.4 Å². The summed E-state index contributed by atoms with van der Waals surface area (Å²) in [6.07, 6.45) is 12.0. The van der Waals surface area contributed by atoms with Crippen molar-refractivity contribution < 1.29 is 9.53 Å². The summed E-state index contributed by atoms with van der Waals surface area (Å²) in [6.45, 7) is 0.563. The molecule has 2 aliphatic rings. The third-order valence-electron chi connectivity index (χ3n) is 5.92. The lowest BCUT2D eigenvalue weighted by atomic mass is 9.82. The number of nitrogens with zero attached hydrogens (tertiary/aromatic N) is 3. The second-order valence-electron chi connectivity index (χ2n) is 7.83. The molecule has 2 atom stereocenters. The Morgan fingerprint density at radius 2 is 2.00 bits per heavy atom. The minimum Gasteiger partial charge on any atom is -0.492 e. The lowest BCUT2D eigenvalue weighted by Crippen LogP contribution is -2.55. The van der Waals surface area contributed by atoms with E-state index >= 15 is 0 Å². The summed E-state index contributed by atoms with van der Waals surface area (Å²) in [7, 11) is 0. The fourth-order valence-electron chi connectivity index (χ4n) is 4.28. The molecule has 1 amide bonds. The molecule has 1 N–H and O–H groups in total. The minimum atomic E-state index is -0.447. The Balaban J connectivity index is 1.65. The van der Waals surface area contributed by atoms with Gasteiger partial charge in [0, 0.05) is 0 Å². The monoisotopic (exact) mass is 390 g/mol. The number of carbonyl (C=O) groups excluding carboxylic acids is 1. The predicted molar refractivity (Wildman–Crippen MR) is 109 cm³/mol. The van der Waals surface area contributed by atoms with Gasteiger partial charge in [-0.2, -0.15) is 10.5 Å². The van der Waals surface area contributed by atoms with Crippen LogP contribution in [0, 0.1) is 35.0 Å². The van der Waals surface area contributed by atoms with Crippen LogP contribution in [0.1, 0.15) is 50.5 Å². The number of rotatable bonds is 6. The van der Waals surface area contributed by atoms with E-state index in [4.69, 9.17) is 16.4 Å². The summed E-state index contributed by atoms with van der Waals surface area (Å²) >= 11 is 0. The first-order valence-corrected chi connectivity index (χ1v) is 10.2. The molecule has 1 aromatic carbocycles. The third kappa shape index (κ3) is 4.89. The largest absolute Gasteiger partial charge is 0.492 e. The Labute approximate surface area is 172 Å². The van der Waals surface area contributed by atoms with Crippen LogP contribution in [0.3, 0.4) is 0 Å². The van der Waals surface area contributed by atoms with Crippen molar-refractivity contribution in [2.45, 2.75) is 62.6 Å². The second-order valence-corrected chi connectivity index (χ2v) is 7.83. The topological polar surface area (TPSA) is 89.2 Å². The van der Waals surface area contributed by atoms with E-state index in [2.05, 4.69) is 23.4 Å². The standard InChI is InChI=1S/C23H26N4O2/c1-2-19-9-10-20(15-25)27(19)22(28)16-26-23(11-4-3-5-12-23)17-29-21-8-6-7-18(13-21)14-24/h1,6-8,13,19-20,26H,3-5,9-12,16-17H2. The van der Waals surface area contributed by atoms with Crippen LogP contribution in [0.5, 0.6) is 5.75 Å². The van der Waals surface area contributed by atoms with Crippen LogP contribution >= 0.6 is 0 Å². The fourth-order valence-corrected chi connectivity index (χ4v) is 4.28. The van der Waals surface area contributed by atoms with Gasteiger partial charge in [0.2, 0.25) is 5.91 Å². The number of hydrogen-bond donors (Lipinski definition) is 1. The number of benzene rings is 1. The van der Waals surface area contributed by atoms with Crippen molar-refractivity contribution >= 4 is 5.91 Å². The third-order valence-corrected chi connectivity index (χ3v) is 5.92. The number of carbonyl (C=O) groups is 1. The molecule has 2 unspecified atom stereocenters. The summed E-state index contributed by atoms with van der Waals surface area (Å²) in [4.78, 5) is 14.4. The Morgan fingerprint density at radius 1 is 1.24 bits per heavy atom. The second kappa shape index (κ2) is 9.46. The average molecular weight is 390 g/mol. The van der Waals surface area contributed by atoms with Crippen molar-refractivity contribution in [3.63, 3.8) is 0 Å². The molecule has 3 rings (SSSR count). The van der Waals surface area contributed by atoms with Crippen LogP contribution in [0.4, 0.5) is 0 Å². The van der Waals surface area contributed by atoms with Gasteiger partial charge in [-0.15, -0.1) is 6.42 Å². The summed E-state index contributed by atoms with van der Waals surface area (Å²) < 4.78 is 6.01. The molecule has 150 valence electrons. The number of nitrogens with one attached hydrogen (secondary N) is 1. The predicted octanol–water partition coefficient (Wildman–Crippen LogP) is 2.75. The van der Waals surface area contributed by atoms with Crippen molar-refractivity contribution in [2.75, 3.05) is 13.2 Å². The lowest BCUT2D eigenvalue weighted by Gasteiger charge is -2.38. The minimum absolute atomic E-state index is 0.131. The number of amides is 1. The molecule has 29 heavy (non-hydrogen) atoms. The quantitative estimate of drug-likeness (QED) is 0.755. The van der Waals surface area contributed by atoms with Crippen LogP contribution in [0.2, 0.25) is 0 Å².